The number of aromatic nitrogens is 2. The summed E-state index contributed by atoms with van der Waals surface area (Å²) in [7, 11) is -3.32. The van der Waals surface area contributed by atoms with Crippen molar-refractivity contribution in [2.24, 2.45) is 0 Å². The van der Waals surface area contributed by atoms with E-state index >= 15 is 0 Å². The summed E-state index contributed by atoms with van der Waals surface area (Å²) in [6, 6.07) is 6.59. The number of nitrogens with one attached hydrogen (secondary N) is 2. The highest BCUT2D eigenvalue weighted by Crippen LogP contribution is 2.33. The largest absolute Gasteiger partial charge is 0.345 e. The van der Waals surface area contributed by atoms with Crippen LogP contribution < -0.4 is 10.6 Å². The van der Waals surface area contributed by atoms with E-state index in [4.69, 9.17) is 11.6 Å². The molecule has 2 amide bonds. The second-order valence-electron chi connectivity index (χ2n) is 6.43. The van der Waals surface area contributed by atoms with E-state index in [0.717, 1.165) is 0 Å². The molecule has 10 heteroatoms. The van der Waals surface area contributed by atoms with Crippen LogP contribution in [0.2, 0.25) is 5.02 Å². The fourth-order valence-corrected chi connectivity index (χ4v) is 4.40. The number of amides is 2. The van der Waals surface area contributed by atoms with Crippen LogP contribution in [0.5, 0.6) is 0 Å². The first-order chi connectivity index (χ1) is 12.7. The zero-order valence-corrected chi connectivity index (χ0v) is 16.4. The Morgan fingerprint density at radius 1 is 1.30 bits per heavy atom. The summed E-state index contributed by atoms with van der Waals surface area (Å²) in [4.78, 5) is 24.4. The smallest absolute Gasteiger partial charge is 0.314 e. The Hall–Kier alpha value is -2.39. The minimum atomic E-state index is -3.32. The molecule has 3 rings (SSSR count). The molecule has 2 N–H and O–H groups in total. The maximum absolute atomic E-state index is 12.3. The summed E-state index contributed by atoms with van der Waals surface area (Å²) in [5, 5.41) is 9.87. The molecular weight excluding hydrogens is 392 g/mol. The molecule has 0 unspecified atom stereocenters. The van der Waals surface area contributed by atoms with Gasteiger partial charge >= 0.3 is 11.8 Å². The van der Waals surface area contributed by atoms with Gasteiger partial charge in [-0.3, -0.25) is 9.59 Å². The van der Waals surface area contributed by atoms with Gasteiger partial charge in [0.1, 0.15) is 5.82 Å². The van der Waals surface area contributed by atoms with Gasteiger partial charge < -0.3 is 10.6 Å². The molecule has 144 valence electrons. The molecule has 1 aliphatic heterocycles. The second kappa shape index (κ2) is 7.32. The van der Waals surface area contributed by atoms with Gasteiger partial charge in [0.05, 0.1) is 22.9 Å². The first-order valence-corrected chi connectivity index (χ1v) is 10.6. The Labute approximate surface area is 161 Å². The van der Waals surface area contributed by atoms with Crippen molar-refractivity contribution in [2.45, 2.75) is 37.8 Å². The van der Waals surface area contributed by atoms with E-state index in [1.54, 1.807) is 31.2 Å². The quantitative estimate of drug-likeness (QED) is 0.747. The molecule has 0 aliphatic carbocycles. The summed E-state index contributed by atoms with van der Waals surface area (Å²) in [5.74, 6) is -1.97. The normalized spacial score (nSPS) is 15.8. The number of halogens is 1. The zero-order chi connectivity index (χ0) is 19.8. The van der Waals surface area contributed by atoms with Crippen molar-refractivity contribution in [3.63, 3.8) is 0 Å². The number of hydrogen-bond acceptors (Lipinski definition) is 5. The fourth-order valence-electron chi connectivity index (χ4n) is 2.72. The van der Waals surface area contributed by atoms with Gasteiger partial charge in [0.2, 0.25) is 0 Å². The molecular formula is C17H19ClN4O4S. The van der Waals surface area contributed by atoms with Crippen molar-refractivity contribution in [3.05, 3.63) is 40.5 Å². The van der Waals surface area contributed by atoms with Gasteiger partial charge in [-0.2, -0.15) is 5.10 Å². The third-order valence-corrected chi connectivity index (χ3v) is 5.95. The van der Waals surface area contributed by atoms with E-state index in [1.165, 1.54) is 4.68 Å². The minimum absolute atomic E-state index is 0.160. The fraction of sp³-hybridized carbons (Fsp3) is 0.353. The van der Waals surface area contributed by atoms with E-state index in [2.05, 4.69) is 15.7 Å². The van der Waals surface area contributed by atoms with Crippen LogP contribution in [0.15, 0.2) is 24.3 Å². The first kappa shape index (κ1) is 19.4. The van der Waals surface area contributed by atoms with E-state index in [0.29, 0.717) is 28.4 Å². The highest BCUT2D eigenvalue weighted by molar-refractivity contribution is 7.90. The summed E-state index contributed by atoms with van der Waals surface area (Å²) in [6.45, 7) is 3.67. The SMILES string of the molecule is CC[C@H](C)NC(=O)C(=O)Nc1c2c(nn1-c1cccc(Cl)c1)CS(=O)(=O)C2. The van der Waals surface area contributed by atoms with Crippen molar-refractivity contribution in [3.8, 4) is 5.69 Å². The lowest BCUT2D eigenvalue weighted by Gasteiger charge is -2.13. The molecule has 0 fully saturated rings. The number of sulfone groups is 1. The molecule has 1 aromatic heterocycles. The zero-order valence-electron chi connectivity index (χ0n) is 14.8. The van der Waals surface area contributed by atoms with Crippen LogP contribution in [0, 0.1) is 0 Å². The maximum Gasteiger partial charge on any atom is 0.314 e. The van der Waals surface area contributed by atoms with Crippen LogP contribution in [0.3, 0.4) is 0 Å². The second-order valence-corrected chi connectivity index (χ2v) is 8.94. The number of rotatable bonds is 4. The van der Waals surface area contributed by atoms with E-state index in [9.17, 15) is 18.0 Å². The highest BCUT2D eigenvalue weighted by Gasteiger charge is 2.34. The average molecular weight is 411 g/mol. The molecule has 0 bridgehead atoms. The van der Waals surface area contributed by atoms with Gasteiger partial charge in [-0.1, -0.05) is 24.6 Å². The van der Waals surface area contributed by atoms with Gasteiger partial charge in [-0.25, -0.2) is 13.1 Å². The Morgan fingerprint density at radius 3 is 2.70 bits per heavy atom. The van der Waals surface area contributed by atoms with Crippen molar-refractivity contribution < 1.29 is 18.0 Å². The van der Waals surface area contributed by atoms with E-state index in [1.807, 2.05) is 6.92 Å². The first-order valence-electron chi connectivity index (χ1n) is 8.39. The molecule has 2 aromatic rings. The number of carbonyl (C=O) groups excluding carboxylic acids is 2. The van der Waals surface area contributed by atoms with Gasteiger partial charge in [0, 0.05) is 16.6 Å². The maximum atomic E-state index is 12.3. The van der Waals surface area contributed by atoms with Crippen LogP contribution in [0.4, 0.5) is 5.82 Å². The van der Waals surface area contributed by atoms with E-state index < -0.39 is 21.7 Å². The molecule has 27 heavy (non-hydrogen) atoms. The van der Waals surface area contributed by atoms with Crippen molar-refractivity contribution >= 4 is 39.1 Å². The van der Waals surface area contributed by atoms with Crippen LogP contribution in [0.1, 0.15) is 31.5 Å². The lowest BCUT2D eigenvalue weighted by atomic mass is 10.2. The van der Waals surface area contributed by atoms with Gasteiger partial charge in [0.15, 0.2) is 9.84 Å². The summed E-state index contributed by atoms with van der Waals surface area (Å²) < 4.78 is 25.3. The number of benzene rings is 1. The summed E-state index contributed by atoms with van der Waals surface area (Å²) >= 11 is 6.03. The van der Waals surface area contributed by atoms with Crippen LogP contribution >= 0.6 is 11.6 Å². The number of hydrogen-bond donors (Lipinski definition) is 2. The van der Waals surface area contributed by atoms with E-state index in [-0.39, 0.29) is 23.4 Å². The van der Waals surface area contributed by atoms with Gasteiger partial charge in [0.25, 0.3) is 0 Å². The van der Waals surface area contributed by atoms with Gasteiger partial charge in [-0.15, -0.1) is 0 Å². The van der Waals surface area contributed by atoms with Crippen LogP contribution in [-0.2, 0) is 30.9 Å². The molecule has 2 heterocycles. The predicted molar refractivity (Wildman–Crippen MR) is 101 cm³/mol. The Kier molecular flexibility index (Phi) is 5.25. The molecule has 0 radical (unpaired) electrons. The van der Waals surface area contributed by atoms with Crippen molar-refractivity contribution in [2.75, 3.05) is 5.32 Å². The molecule has 8 nitrogen and oxygen atoms in total. The lowest BCUT2D eigenvalue weighted by molar-refractivity contribution is -0.136. The van der Waals surface area contributed by atoms with Crippen LogP contribution in [-0.4, -0.2) is 36.1 Å². The number of carbonyl (C=O) groups is 2. The molecule has 0 spiro atoms. The molecule has 0 saturated heterocycles. The van der Waals surface area contributed by atoms with Gasteiger partial charge in [-0.05, 0) is 31.5 Å². The minimum Gasteiger partial charge on any atom is -0.345 e. The molecule has 1 aromatic carbocycles. The topological polar surface area (TPSA) is 110 Å². The van der Waals surface area contributed by atoms with Crippen molar-refractivity contribution in [1.82, 2.24) is 15.1 Å². The number of anilines is 1. The average Bonchev–Trinajstić information content (AvgIpc) is 3.07. The number of fused-ring (bicyclic) bond motifs is 1. The molecule has 1 atom stereocenters. The highest BCUT2D eigenvalue weighted by atomic mass is 35.5. The molecule has 1 aliphatic rings. The monoisotopic (exact) mass is 410 g/mol. The third kappa shape index (κ3) is 4.14. The van der Waals surface area contributed by atoms with Crippen molar-refractivity contribution in [1.29, 1.82) is 0 Å². The lowest BCUT2D eigenvalue weighted by Crippen LogP contribution is -2.40. The standard InChI is InChI=1S/C17H19ClN4O4S/c1-3-10(2)19-16(23)17(24)20-15-13-8-27(25,26)9-14(13)21-22(15)12-6-4-5-11(18)7-12/h4-7,10H,3,8-9H2,1-2H3,(H,19,23)(H,20,24)/t10-/m0/s1. The Bertz CT molecular complexity index is 1020. The number of nitrogens with zero attached hydrogens (tertiary/aromatic N) is 2. The molecule has 0 saturated carbocycles. The predicted octanol–water partition coefficient (Wildman–Crippen LogP) is 1.81. The summed E-state index contributed by atoms with van der Waals surface area (Å²) in [6.07, 6.45) is 0.674. The summed E-state index contributed by atoms with van der Waals surface area (Å²) in [5.41, 5.74) is 1.29. The Morgan fingerprint density at radius 2 is 2.04 bits per heavy atom. The Balaban J connectivity index is 1.98. The van der Waals surface area contributed by atoms with Crippen LogP contribution in [0.25, 0.3) is 5.69 Å². The third-order valence-electron chi connectivity index (χ3n) is 4.27.